The predicted octanol–water partition coefficient (Wildman–Crippen LogP) is 15.0. The van der Waals surface area contributed by atoms with E-state index in [0.29, 0.717) is 11.1 Å². The summed E-state index contributed by atoms with van der Waals surface area (Å²) in [5.41, 5.74) is 18.4. The highest BCUT2D eigenvalue weighted by Gasteiger charge is 2.45. The number of ketones is 1. The van der Waals surface area contributed by atoms with Crippen molar-refractivity contribution in [1.29, 1.82) is 0 Å². The van der Waals surface area contributed by atoms with E-state index in [4.69, 9.17) is 0 Å². The number of carbonyl (C=O) groups excluding carboxylic acids is 1. The van der Waals surface area contributed by atoms with Crippen LogP contribution in [0.3, 0.4) is 0 Å². The van der Waals surface area contributed by atoms with E-state index in [2.05, 4.69) is 210 Å². The van der Waals surface area contributed by atoms with Gasteiger partial charge in [-0.3, -0.25) is 4.79 Å². The van der Waals surface area contributed by atoms with Gasteiger partial charge in [0.2, 0.25) is 0 Å². The van der Waals surface area contributed by atoms with Crippen molar-refractivity contribution < 1.29 is 4.79 Å². The molecule has 2 aromatic heterocycles. The number of hydrogen-bond acceptors (Lipinski definition) is 1. The third kappa shape index (κ3) is 5.01. The van der Waals surface area contributed by atoms with Gasteiger partial charge in [0.25, 0.3) is 0 Å². The topological polar surface area (TPSA) is 26.9 Å². The Morgan fingerprint density at radius 2 is 0.656 bits per heavy atom. The molecule has 8 aromatic carbocycles. The first-order valence-corrected chi connectivity index (χ1v) is 22.8. The minimum atomic E-state index is -0.230. The molecule has 0 bridgehead atoms. The number of benzene rings is 8. The molecule has 0 N–H and O–H groups in total. The maximum Gasteiger partial charge on any atom is 0.193 e. The zero-order chi connectivity index (χ0) is 44.1. The lowest BCUT2D eigenvalue weighted by atomic mass is 9.59. The monoisotopic (exact) mass is 828 g/mol. The molecule has 2 aliphatic carbocycles. The van der Waals surface area contributed by atoms with Gasteiger partial charge in [0.05, 0.1) is 22.1 Å². The van der Waals surface area contributed by atoms with Crippen molar-refractivity contribution in [2.45, 2.75) is 77.0 Å². The van der Waals surface area contributed by atoms with Crippen LogP contribution >= 0.6 is 0 Å². The molecule has 3 heteroatoms. The molecule has 0 fully saturated rings. The normalized spacial score (nSPS) is 16.4. The highest BCUT2D eigenvalue weighted by atomic mass is 16.1. The molecule has 0 radical (unpaired) electrons. The molecule has 0 saturated heterocycles. The van der Waals surface area contributed by atoms with E-state index in [1.54, 1.807) is 0 Å². The summed E-state index contributed by atoms with van der Waals surface area (Å²) in [5.74, 6) is 0.0104. The molecule has 64 heavy (non-hydrogen) atoms. The third-order valence-electron chi connectivity index (χ3n) is 15.6. The molecule has 10 aromatic rings. The van der Waals surface area contributed by atoms with Gasteiger partial charge in [0.1, 0.15) is 0 Å². The lowest BCUT2D eigenvalue weighted by molar-refractivity contribution is 0.103. The van der Waals surface area contributed by atoms with Gasteiger partial charge in [-0.2, -0.15) is 0 Å². The van der Waals surface area contributed by atoms with E-state index in [1.165, 1.54) is 77.1 Å². The summed E-state index contributed by atoms with van der Waals surface area (Å²) in [6.07, 6.45) is 0. The van der Waals surface area contributed by atoms with Crippen molar-refractivity contribution in [3.63, 3.8) is 0 Å². The lowest BCUT2D eigenvalue weighted by Crippen LogP contribution is -2.37. The molecular weight excluding hydrogens is 777 g/mol. The summed E-state index contributed by atoms with van der Waals surface area (Å²) in [5, 5.41) is 4.96. The van der Waals surface area contributed by atoms with Crippen LogP contribution in [0.15, 0.2) is 170 Å². The molecule has 0 atom stereocenters. The average molecular weight is 829 g/mol. The Kier molecular flexibility index (Phi) is 7.89. The van der Waals surface area contributed by atoms with Crippen molar-refractivity contribution in [3.05, 3.63) is 225 Å². The van der Waals surface area contributed by atoms with Gasteiger partial charge in [-0.05, 0) is 105 Å². The first-order valence-electron chi connectivity index (χ1n) is 22.8. The van der Waals surface area contributed by atoms with Crippen molar-refractivity contribution in [1.82, 2.24) is 9.13 Å². The summed E-state index contributed by atoms with van der Waals surface area (Å²) in [7, 11) is 0. The van der Waals surface area contributed by atoms with Gasteiger partial charge in [0.15, 0.2) is 5.78 Å². The van der Waals surface area contributed by atoms with Gasteiger partial charge < -0.3 is 9.13 Å². The summed E-state index contributed by atoms with van der Waals surface area (Å²) in [6.45, 7) is 19.0. The van der Waals surface area contributed by atoms with E-state index in [-0.39, 0.29) is 27.4 Å². The highest BCUT2D eigenvalue weighted by Crippen LogP contribution is 2.55. The van der Waals surface area contributed by atoms with Crippen molar-refractivity contribution in [3.8, 4) is 11.4 Å². The van der Waals surface area contributed by atoms with E-state index in [9.17, 15) is 4.79 Å². The Labute approximate surface area is 375 Å². The van der Waals surface area contributed by atoms with Gasteiger partial charge in [-0.1, -0.05) is 165 Å². The quantitative estimate of drug-likeness (QED) is 0.162. The fourth-order valence-corrected chi connectivity index (χ4v) is 12.4. The fourth-order valence-electron chi connectivity index (χ4n) is 12.4. The second-order valence-electron chi connectivity index (χ2n) is 20.5. The second-order valence-corrected chi connectivity index (χ2v) is 20.5. The highest BCUT2D eigenvalue weighted by molar-refractivity contribution is 6.13. The fraction of sp³-hybridized carbons (Fsp3) is 0.197. The summed E-state index contributed by atoms with van der Waals surface area (Å²) < 4.78 is 4.87. The van der Waals surface area contributed by atoms with Crippen molar-refractivity contribution in [2.24, 2.45) is 0 Å². The SMILES string of the molecule is CC1(C)c2ccccc2C(C)(C)c2c1ccc1c3ccccc3n(-c3ccc(C(=O)c4ccc(-n5c6ccccc6c6ccc7c(c65)C(C)(C)c5ccccc5C7(C)C)cc4)cc3)c21. The molecule has 312 valence electrons. The molecule has 3 nitrogen and oxygen atoms in total. The molecule has 2 aliphatic rings. The summed E-state index contributed by atoms with van der Waals surface area (Å²) in [6, 6.07) is 61.4. The summed E-state index contributed by atoms with van der Waals surface area (Å²) >= 11 is 0. The first kappa shape index (κ1) is 38.7. The maximum absolute atomic E-state index is 14.4. The number of para-hydroxylation sites is 2. The Morgan fingerprint density at radius 3 is 1.03 bits per heavy atom. The number of hydrogen-bond donors (Lipinski definition) is 0. The van der Waals surface area contributed by atoms with Crippen LogP contribution in [-0.2, 0) is 21.7 Å². The van der Waals surface area contributed by atoms with Crippen LogP contribution in [-0.4, -0.2) is 14.9 Å². The van der Waals surface area contributed by atoms with Crippen LogP contribution in [0.4, 0.5) is 0 Å². The molecule has 0 amide bonds. The average Bonchev–Trinajstić information content (AvgIpc) is 3.83. The second kappa shape index (κ2) is 13.0. The molecule has 0 unspecified atom stereocenters. The molecule has 12 rings (SSSR count). The van der Waals surface area contributed by atoms with Gasteiger partial charge in [0, 0.05) is 65.7 Å². The lowest BCUT2D eigenvalue weighted by Gasteiger charge is -2.44. The number of carbonyl (C=O) groups is 1. The largest absolute Gasteiger partial charge is 0.309 e. The molecule has 0 saturated carbocycles. The van der Waals surface area contributed by atoms with E-state index in [0.717, 1.165) is 22.4 Å². The molecular formula is C61H52N2O. The smallest absolute Gasteiger partial charge is 0.193 e. The summed E-state index contributed by atoms with van der Waals surface area (Å²) in [4.78, 5) is 14.4. The molecule has 0 spiro atoms. The van der Waals surface area contributed by atoms with E-state index >= 15 is 0 Å². The molecule has 0 aliphatic heterocycles. The first-order chi connectivity index (χ1) is 30.7. The Bertz CT molecular complexity index is 3370. The van der Waals surface area contributed by atoms with Crippen LogP contribution in [0.1, 0.15) is 116 Å². The van der Waals surface area contributed by atoms with E-state index in [1.807, 2.05) is 24.3 Å². The molecule has 2 heterocycles. The Hall–Kier alpha value is -6.97. The van der Waals surface area contributed by atoms with Crippen molar-refractivity contribution >= 4 is 49.4 Å². The van der Waals surface area contributed by atoms with Gasteiger partial charge >= 0.3 is 0 Å². The maximum atomic E-state index is 14.4. The zero-order valence-electron chi connectivity index (χ0n) is 38.0. The Morgan fingerprint density at radius 1 is 0.328 bits per heavy atom. The van der Waals surface area contributed by atoms with Gasteiger partial charge in [-0.15, -0.1) is 0 Å². The number of rotatable bonds is 4. The van der Waals surface area contributed by atoms with Crippen LogP contribution in [0.2, 0.25) is 0 Å². The van der Waals surface area contributed by atoms with Crippen LogP contribution in [0.5, 0.6) is 0 Å². The standard InChI is InChI=1S/C61H52N2O/c1-58(2)45-19-11-13-21-47(45)60(5,6)53-49(58)35-33-43-41-17-9-15-23-51(41)62(55(43)53)39-29-25-37(26-30-39)57(64)38-27-31-40(32-28-38)63-52-24-16-10-18-42(52)44-34-36-50-54(56(44)63)61(7,8)48-22-14-12-20-46(48)59(50,3)4/h9-36H,1-8H3. The zero-order valence-corrected chi connectivity index (χ0v) is 38.0. The minimum Gasteiger partial charge on any atom is -0.309 e. The van der Waals surface area contributed by atoms with Crippen molar-refractivity contribution in [2.75, 3.05) is 0 Å². The third-order valence-corrected chi connectivity index (χ3v) is 15.6. The van der Waals surface area contributed by atoms with Gasteiger partial charge in [-0.25, -0.2) is 0 Å². The van der Waals surface area contributed by atoms with Crippen LogP contribution in [0, 0.1) is 0 Å². The number of nitrogens with zero attached hydrogens (tertiary/aromatic N) is 2. The van der Waals surface area contributed by atoms with Crippen LogP contribution < -0.4 is 0 Å². The number of aromatic nitrogens is 2. The van der Waals surface area contributed by atoms with Crippen LogP contribution in [0.25, 0.3) is 55.0 Å². The number of fused-ring (bicyclic) bond motifs is 12. The minimum absolute atomic E-state index is 0.0104. The van der Waals surface area contributed by atoms with E-state index < -0.39 is 0 Å². The predicted molar refractivity (Wildman–Crippen MR) is 266 cm³/mol. The Balaban J connectivity index is 0.958.